The number of hydrogen-bond acceptors (Lipinski definition) is 6. The summed E-state index contributed by atoms with van der Waals surface area (Å²) in [6, 6.07) is 20.7. The number of carbonyl (C=O) groups excluding carboxylic acids is 1. The molecule has 1 heterocycles. The fourth-order valence-corrected chi connectivity index (χ4v) is 5.17. The molecule has 1 N–H and O–H groups in total. The van der Waals surface area contributed by atoms with Crippen molar-refractivity contribution in [3.05, 3.63) is 83.9 Å². The quantitative estimate of drug-likeness (QED) is 0.487. The topological polar surface area (TPSA) is 94.2 Å². The van der Waals surface area contributed by atoms with Crippen LogP contribution < -0.4 is 19.5 Å². The van der Waals surface area contributed by atoms with Crippen molar-refractivity contribution in [2.24, 2.45) is 0 Å². The molecule has 0 bridgehead atoms. The molecule has 8 nitrogen and oxygen atoms in total. The average Bonchev–Trinajstić information content (AvgIpc) is 2.88. The Morgan fingerprint density at radius 2 is 1.69 bits per heavy atom. The third-order valence-electron chi connectivity index (χ3n) is 5.67. The monoisotopic (exact) mass is 496 g/mol. The van der Waals surface area contributed by atoms with Crippen molar-refractivity contribution >= 4 is 15.9 Å². The minimum atomic E-state index is -4.02. The van der Waals surface area contributed by atoms with E-state index in [0.717, 1.165) is 11.1 Å². The van der Waals surface area contributed by atoms with Crippen LogP contribution in [-0.2, 0) is 21.4 Å². The Labute approximate surface area is 205 Å². The lowest BCUT2D eigenvalue weighted by molar-refractivity contribution is -0.122. The summed E-state index contributed by atoms with van der Waals surface area (Å²) in [5.74, 6) is 1.17. The maximum Gasteiger partial charge on any atom is 0.243 e. The summed E-state index contributed by atoms with van der Waals surface area (Å²) in [5.41, 5.74) is 1.65. The van der Waals surface area contributed by atoms with Gasteiger partial charge in [0.2, 0.25) is 15.9 Å². The van der Waals surface area contributed by atoms with Crippen LogP contribution >= 0.6 is 0 Å². The molecule has 1 atom stereocenters. The molecule has 0 radical (unpaired) electrons. The fourth-order valence-electron chi connectivity index (χ4n) is 3.77. The SMILES string of the molecule is COc1ccc([C@@H](C)NC(=O)CN(Cc2ccccc2)S(=O)(=O)c2ccc3c(c2)OCCO3)cc1. The number of rotatable bonds is 9. The molecule has 1 amide bonds. The predicted octanol–water partition coefficient (Wildman–Crippen LogP) is 3.53. The first kappa shape index (κ1) is 24.6. The molecule has 0 fully saturated rings. The summed E-state index contributed by atoms with van der Waals surface area (Å²) in [6.07, 6.45) is 0. The van der Waals surface area contributed by atoms with E-state index < -0.39 is 15.9 Å². The lowest BCUT2D eigenvalue weighted by Crippen LogP contribution is -2.41. The van der Waals surface area contributed by atoms with Crippen molar-refractivity contribution in [1.82, 2.24) is 9.62 Å². The molecule has 184 valence electrons. The van der Waals surface area contributed by atoms with Crippen LogP contribution in [0.2, 0.25) is 0 Å². The maximum atomic E-state index is 13.6. The molecule has 0 saturated carbocycles. The molecule has 1 aliphatic heterocycles. The molecule has 9 heteroatoms. The molecule has 35 heavy (non-hydrogen) atoms. The highest BCUT2D eigenvalue weighted by atomic mass is 32.2. The number of carbonyl (C=O) groups is 1. The Kier molecular flexibility index (Phi) is 7.57. The van der Waals surface area contributed by atoms with Gasteiger partial charge in [-0.05, 0) is 42.3 Å². The van der Waals surface area contributed by atoms with Gasteiger partial charge in [0.1, 0.15) is 19.0 Å². The molecular weight excluding hydrogens is 468 g/mol. The van der Waals surface area contributed by atoms with E-state index in [-0.39, 0.29) is 24.0 Å². The van der Waals surface area contributed by atoms with E-state index in [1.165, 1.54) is 16.4 Å². The summed E-state index contributed by atoms with van der Waals surface area (Å²) in [6.45, 7) is 2.30. The third-order valence-corrected chi connectivity index (χ3v) is 7.45. The highest BCUT2D eigenvalue weighted by Crippen LogP contribution is 2.33. The zero-order valence-corrected chi connectivity index (χ0v) is 20.5. The summed E-state index contributed by atoms with van der Waals surface area (Å²) in [7, 11) is -2.43. The number of methoxy groups -OCH3 is 1. The van der Waals surface area contributed by atoms with Gasteiger partial charge in [0.15, 0.2) is 11.5 Å². The number of nitrogens with one attached hydrogen (secondary N) is 1. The lowest BCUT2D eigenvalue weighted by atomic mass is 10.1. The number of ether oxygens (including phenoxy) is 3. The van der Waals surface area contributed by atoms with Crippen molar-refractivity contribution in [3.63, 3.8) is 0 Å². The molecule has 4 rings (SSSR count). The Balaban J connectivity index is 1.55. The molecule has 3 aromatic rings. The average molecular weight is 497 g/mol. The van der Waals surface area contributed by atoms with Gasteiger partial charge in [0.05, 0.1) is 24.6 Å². The van der Waals surface area contributed by atoms with Crippen molar-refractivity contribution in [2.45, 2.75) is 24.4 Å². The Morgan fingerprint density at radius 3 is 2.37 bits per heavy atom. The van der Waals surface area contributed by atoms with Gasteiger partial charge in [0, 0.05) is 12.6 Å². The van der Waals surface area contributed by atoms with Gasteiger partial charge in [0.25, 0.3) is 0 Å². The third kappa shape index (κ3) is 5.93. The van der Waals surface area contributed by atoms with Crippen molar-refractivity contribution in [1.29, 1.82) is 0 Å². The highest BCUT2D eigenvalue weighted by Gasteiger charge is 2.29. The van der Waals surface area contributed by atoms with Crippen LogP contribution in [0.4, 0.5) is 0 Å². The molecule has 0 spiro atoms. The van der Waals surface area contributed by atoms with Gasteiger partial charge in [-0.2, -0.15) is 4.31 Å². The van der Waals surface area contributed by atoms with Crippen molar-refractivity contribution in [2.75, 3.05) is 26.9 Å². The Morgan fingerprint density at radius 1 is 1.00 bits per heavy atom. The minimum Gasteiger partial charge on any atom is -0.497 e. The second-order valence-corrected chi connectivity index (χ2v) is 10.1. The molecular formula is C26H28N2O6S. The summed E-state index contributed by atoms with van der Waals surface area (Å²) < 4.78 is 44.7. The number of amides is 1. The number of sulfonamides is 1. The van der Waals surface area contributed by atoms with Gasteiger partial charge in [-0.3, -0.25) is 4.79 Å². The standard InChI is InChI=1S/C26H28N2O6S/c1-19(21-8-10-22(32-2)11-9-21)27-26(29)18-28(17-20-6-4-3-5-7-20)35(30,31)23-12-13-24-25(16-23)34-15-14-33-24/h3-13,16,19H,14-15,17-18H2,1-2H3,(H,27,29)/t19-/m1/s1. The van der Waals surface area contributed by atoms with Crippen LogP contribution in [0.25, 0.3) is 0 Å². The van der Waals surface area contributed by atoms with E-state index in [9.17, 15) is 13.2 Å². The van der Waals surface area contributed by atoms with Crippen LogP contribution in [0.1, 0.15) is 24.1 Å². The zero-order valence-electron chi connectivity index (χ0n) is 19.6. The van der Waals surface area contributed by atoms with Crippen LogP contribution in [0.3, 0.4) is 0 Å². The Bertz CT molecular complexity index is 1260. The first-order chi connectivity index (χ1) is 16.9. The highest BCUT2D eigenvalue weighted by molar-refractivity contribution is 7.89. The van der Waals surface area contributed by atoms with Gasteiger partial charge in [-0.15, -0.1) is 0 Å². The van der Waals surface area contributed by atoms with Crippen LogP contribution in [-0.4, -0.2) is 45.5 Å². The predicted molar refractivity (Wildman–Crippen MR) is 131 cm³/mol. The largest absolute Gasteiger partial charge is 0.497 e. The first-order valence-electron chi connectivity index (χ1n) is 11.2. The van der Waals surface area contributed by atoms with Crippen LogP contribution in [0.15, 0.2) is 77.7 Å². The smallest absolute Gasteiger partial charge is 0.243 e. The van der Waals surface area contributed by atoms with Crippen LogP contribution in [0.5, 0.6) is 17.2 Å². The van der Waals surface area contributed by atoms with Gasteiger partial charge < -0.3 is 19.5 Å². The molecule has 0 unspecified atom stereocenters. The first-order valence-corrected chi connectivity index (χ1v) is 12.7. The molecule has 1 aliphatic rings. The number of hydrogen-bond donors (Lipinski definition) is 1. The van der Waals surface area contributed by atoms with Crippen molar-refractivity contribution < 1.29 is 27.4 Å². The van der Waals surface area contributed by atoms with E-state index in [1.54, 1.807) is 13.2 Å². The molecule has 3 aromatic carbocycles. The van der Waals surface area contributed by atoms with Gasteiger partial charge in [-0.1, -0.05) is 42.5 Å². The zero-order chi connectivity index (χ0) is 24.8. The van der Waals surface area contributed by atoms with E-state index in [4.69, 9.17) is 14.2 Å². The van der Waals surface area contributed by atoms with E-state index in [1.807, 2.05) is 61.5 Å². The normalized spacial score (nSPS) is 13.8. The van der Waals surface area contributed by atoms with E-state index in [0.29, 0.717) is 30.5 Å². The lowest BCUT2D eigenvalue weighted by Gasteiger charge is -2.24. The van der Waals surface area contributed by atoms with E-state index in [2.05, 4.69) is 5.32 Å². The number of nitrogens with zero attached hydrogens (tertiary/aromatic N) is 1. The molecule has 0 aliphatic carbocycles. The van der Waals surface area contributed by atoms with E-state index >= 15 is 0 Å². The maximum absolute atomic E-state index is 13.6. The summed E-state index contributed by atoms with van der Waals surface area (Å²) in [5, 5.41) is 2.89. The van der Waals surface area contributed by atoms with Gasteiger partial charge >= 0.3 is 0 Å². The second-order valence-electron chi connectivity index (χ2n) is 8.13. The fraction of sp³-hybridized carbons (Fsp3) is 0.269. The minimum absolute atomic E-state index is 0.0358. The van der Waals surface area contributed by atoms with Crippen molar-refractivity contribution in [3.8, 4) is 17.2 Å². The molecule has 0 aromatic heterocycles. The van der Waals surface area contributed by atoms with Crippen LogP contribution in [0, 0.1) is 0 Å². The summed E-state index contributed by atoms with van der Waals surface area (Å²) >= 11 is 0. The number of fused-ring (bicyclic) bond motifs is 1. The van der Waals surface area contributed by atoms with Gasteiger partial charge in [-0.25, -0.2) is 8.42 Å². The summed E-state index contributed by atoms with van der Waals surface area (Å²) in [4.78, 5) is 13.0. The second kappa shape index (κ2) is 10.8. The number of benzene rings is 3. The Hall–Kier alpha value is -3.56. The molecule has 0 saturated heterocycles.